The molecule has 2 aromatic heterocycles. The molecule has 0 unspecified atom stereocenters. The maximum atomic E-state index is 11.6. The van der Waals surface area contributed by atoms with Crippen LogP contribution in [-0.2, 0) is 11.2 Å². The molecule has 98 valence electrons. The van der Waals surface area contributed by atoms with Crippen LogP contribution in [0.3, 0.4) is 0 Å². The molecule has 0 aliphatic heterocycles. The standard InChI is InChI=1S/C11H10N4O2S2/c16-9-4-7(13-11(18)14-9)5-10(17)15-12-6-8-2-1-3-19-8/h1-4,6H,5H2,(H,15,17)(H2,13,14,16,18)/b12-6-. The molecule has 0 spiro atoms. The van der Waals surface area contributed by atoms with E-state index in [0.717, 1.165) is 4.88 Å². The van der Waals surface area contributed by atoms with E-state index in [1.807, 2.05) is 17.5 Å². The van der Waals surface area contributed by atoms with Crippen LogP contribution in [0.5, 0.6) is 0 Å². The van der Waals surface area contributed by atoms with Crippen LogP contribution in [0.4, 0.5) is 0 Å². The molecule has 2 aromatic rings. The topological polar surface area (TPSA) is 90.1 Å². The van der Waals surface area contributed by atoms with Gasteiger partial charge in [-0.25, -0.2) is 5.43 Å². The van der Waals surface area contributed by atoms with Crippen molar-refractivity contribution in [2.45, 2.75) is 6.42 Å². The first-order valence-corrected chi connectivity index (χ1v) is 6.60. The lowest BCUT2D eigenvalue weighted by atomic mass is 10.3. The number of aromatic nitrogens is 2. The highest BCUT2D eigenvalue weighted by molar-refractivity contribution is 7.71. The Balaban J connectivity index is 1.94. The highest BCUT2D eigenvalue weighted by atomic mass is 32.1. The van der Waals surface area contributed by atoms with E-state index < -0.39 is 0 Å². The average molecular weight is 294 g/mol. The molecule has 2 heterocycles. The minimum atomic E-state index is -0.339. The first-order chi connectivity index (χ1) is 9.13. The van der Waals surface area contributed by atoms with Crippen molar-refractivity contribution >= 4 is 35.7 Å². The molecule has 2 rings (SSSR count). The van der Waals surface area contributed by atoms with Crippen molar-refractivity contribution in [3.05, 3.63) is 49.3 Å². The molecule has 0 bridgehead atoms. The summed E-state index contributed by atoms with van der Waals surface area (Å²) in [6.45, 7) is 0. The number of H-pyrrole nitrogens is 2. The first kappa shape index (κ1) is 13.4. The fourth-order valence-corrected chi connectivity index (χ4v) is 2.18. The molecular weight excluding hydrogens is 284 g/mol. The Morgan fingerprint density at radius 3 is 3.05 bits per heavy atom. The number of amides is 1. The van der Waals surface area contributed by atoms with Gasteiger partial charge in [0.25, 0.3) is 5.56 Å². The van der Waals surface area contributed by atoms with Gasteiger partial charge in [-0.15, -0.1) is 11.3 Å². The number of aromatic amines is 2. The monoisotopic (exact) mass is 294 g/mol. The Morgan fingerprint density at radius 2 is 2.37 bits per heavy atom. The summed E-state index contributed by atoms with van der Waals surface area (Å²) >= 11 is 6.33. The van der Waals surface area contributed by atoms with Crippen molar-refractivity contribution in [3.8, 4) is 0 Å². The van der Waals surface area contributed by atoms with Gasteiger partial charge in [0.2, 0.25) is 5.91 Å². The van der Waals surface area contributed by atoms with Gasteiger partial charge in [0.15, 0.2) is 4.77 Å². The van der Waals surface area contributed by atoms with E-state index in [9.17, 15) is 9.59 Å². The summed E-state index contributed by atoms with van der Waals surface area (Å²) < 4.78 is 0.192. The van der Waals surface area contributed by atoms with Crippen LogP contribution in [0.25, 0.3) is 0 Å². The lowest BCUT2D eigenvalue weighted by Crippen LogP contribution is -2.21. The molecule has 0 atom stereocenters. The number of hydrogen-bond donors (Lipinski definition) is 3. The van der Waals surface area contributed by atoms with Crippen LogP contribution in [0.1, 0.15) is 10.6 Å². The zero-order chi connectivity index (χ0) is 13.7. The molecule has 3 N–H and O–H groups in total. The smallest absolute Gasteiger partial charge is 0.251 e. The van der Waals surface area contributed by atoms with Crippen molar-refractivity contribution in [3.63, 3.8) is 0 Å². The third kappa shape index (κ3) is 4.27. The summed E-state index contributed by atoms with van der Waals surface area (Å²) in [7, 11) is 0. The Hall–Kier alpha value is -2.06. The summed E-state index contributed by atoms with van der Waals surface area (Å²) in [4.78, 5) is 28.8. The molecule has 19 heavy (non-hydrogen) atoms. The number of hydrogen-bond acceptors (Lipinski definition) is 5. The molecule has 8 heteroatoms. The molecule has 6 nitrogen and oxygen atoms in total. The highest BCUT2D eigenvalue weighted by Crippen LogP contribution is 2.04. The highest BCUT2D eigenvalue weighted by Gasteiger charge is 2.03. The van der Waals surface area contributed by atoms with E-state index in [0.29, 0.717) is 5.69 Å². The first-order valence-electron chi connectivity index (χ1n) is 5.31. The van der Waals surface area contributed by atoms with Crippen LogP contribution in [0.15, 0.2) is 33.5 Å². The largest absolute Gasteiger partial charge is 0.335 e. The zero-order valence-electron chi connectivity index (χ0n) is 9.67. The quantitative estimate of drug-likeness (QED) is 0.449. The fourth-order valence-electron chi connectivity index (χ4n) is 1.36. The maximum Gasteiger partial charge on any atom is 0.251 e. The van der Waals surface area contributed by atoms with Gasteiger partial charge >= 0.3 is 0 Å². The molecule has 0 aliphatic rings. The number of nitrogens with one attached hydrogen (secondary N) is 3. The maximum absolute atomic E-state index is 11.6. The van der Waals surface area contributed by atoms with E-state index in [4.69, 9.17) is 12.2 Å². The second-order valence-corrected chi connectivity index (χ2v) is 4.99. The van der Waals surface area contributed by atoms with Gasteiger partial charge in [-0.05, 0) is 23.7 Å². The lowest BCUT2D eigenvalue weighted by Gasteiger charge is -1.99. The van der Waals surface area contributed by atoms with Crippen LogP contribution in [-0.4, -0.2) is 22.1 Å². The Kier molecular flexibility index (Phi) is 4.37. The van der Waals surface area contributed by atoms with E-state index >= 15 is 0 Å². The van der Waals surface area contributed by atoms with Crippen molar-refractivity contribution < 1.29 is 4.79 Å². The van der Waals surface area contributed by atoms with Gasteiger partial charge < -0.3 is 4.98 Å². The van der Waals surface area contributed by atoms with E-state index in [-0.39, 0.29) is 22.7 Å². The zero-order valence-corrected chi connectivity index (χ0v) is 11.3. The normalized spacial score (nSPS) is 10.7. The Labute approximate surface area is 117 Å². The minimum Gasteiger partial charge on any atom is -0.335 e. The summed E-state index contributed by atoms with van der Waals surface area (Å²) in [5.74, 6) is -0.330. The number of thiophene rings is 1. The molecule has 0 fully saturated rings. The molecule has 0 aromatic carbocycles. The predicted octanol–water partition coefficient (Wildman–Crippen LogP) is 1.19. The molecule has 0 radical (unpaired) electrons. The molecule has 0 saturated heterocycles. The Bertz CT molecular complexity index is 672. The molecule has 0 aliphatic carbocycles. The van der Waals surface area contributed by atoms with Crippen molar-refractivity contribution in [2.75, 3.05) is 0 Å². The van der Waals surface area contributed by atoms with Gasteiger partial charge in [0.05, 0.1) is 12.6 Å². The van der Waals surface area contributed by atoms with Crippen LogP contribution >= 0.6 is 23.6 Å². The summed E-state index contributed by atoms with van der Waals surface area (Å²) in [5, 5.41) is 5.73. The van der Waals surface area contributed by atoms with Crippen molar-refractivity contribution in [2.24, 2.45) is 5.10 Å². The average Bonchev–Trinajstić information content (AvgIpc) is 2.80. The number of rotatable bonds is 4. The fraction of sp³-hybridized carbons (Fsp3) is 0.0909. The summed E-state index contributed by atoms with van der Waals surface area (Å²) in [6.07, 6.45) is 1.57. The summed E-state index contributed by atoms with van der Waals surface area (Å²) in [6, 6.07) is 5.07. The lowest BCUT2D eigenvalue weighted by molar-refractivity contribution is -0.120. The molecular formula is C11H10N4O2S2. The Morgan fingerprint density at radius 1 is 1.53 bits per heavy atom. The SMILES string of the molecule is O=C(Cc1cc(=O)[nH]c(=S)[nH]1)N/N=C\c1cccs1. The summed E-state index contributed by atoms with van der Waals surface area (Å²) in [5.41, 5.74) is 2.48. The third-order valence-corrected chi connectivity index (χ3v) is 3.10. The van der Waals surface area contributed by atoms with Gasteiger partial charge in [0, 0.05) is 16.6 Å². The van der Waals surface area contributed by atoms with Gasteiger partial charge in [-0.2, -0.15) is 5.10 Å². The van der Waals surface area contributed by atoms with Crippen LogP contribution in [0.2, 0.25) is 0 Å². The van der Waals surface area contributed by atoms with Crippen molar-refractivity contribution in [1.82, 2.24) is 15.4 Å². The van der Waals surface area contributed by atoms with Gasteiger partial charge in [-0.1, -0.05) is 6.07 Å². The predicted molar refractivity (Wildman–Crippen MR) is 76.0 cm³/mol. The van der Waals surface area contributed by atoms with E-state index in [1.165, 1.54) is 17.4 Å². The number of carbonyl (C=O) groups is 1. The number of carbonyl (C=O) groups excluding carboxylic acids is 1. The van der Waals surface area contributed by atoms with Gasteiger partial charge in [0.1, 0.15) is 0 Å². The number of nitrogens with zero attached hydrogens (tertiary/aromatic N) is 1. The van der Waals surface area contributed by atoms with E-state index in [2.05, 4.69) is 20.5 Å². The molecule has 1 amide bonds. The molecule has 0 saturated carbocycles. The van der Waals surface area contributed by atoms with Crippen molar-refractivity contribution in [1.29, 1.82) is 0 Å². The van der Waals surface area contributed by atoms with Gasteiger partial charge in [-0.3, -0.25) is 14.6 Å². The minimum absolute atomic E-state index is 0.00927. The number of hydrazone groups is 1. The van der Waals surface area contributed by atoms with Crippen LogP contribution in [0, 0.1) is 4.77 Å². The van der Waals surface area contributed by atoms with E-state index in [1.54, 1.807) is 6.21 Å². The van der Waals surface area contributed by atoms with Crippen LogP contribution < -0.4 is 11.0 Å². The second kappa shape index (κ2) is 6.21. The second-order valence-electron chi connectivity index (χ2n) is 3.60. The third-order valence-electron chi connectivity index (χ3n) is 2.09.